The Morgan fingerprint density at radius 2 is 2.00 bits per heavy atom. The quantitative estimate of drug-likeness (QED) is 0.731. The highest BCUT2D eigenvalue weighted by atomic mass is 32.1. The molecule has 1 saturated carbocycles. The second kappa shape index (κ2) is 5.82. The van der Waals surface area contributed by atoms with Gasteiger partial charge in [0, 0.05) is 11.7 Å². The number of carboxylic acids is 1. The molecule has 5 heteroatoms. The Hall–Kier alpha value is -1.62. The summed E-state index contributed by atoms with van der Waals surface area (Å²) in [4.78, 5) is 11.0. The molecule has 3 N–H and O–H groups in total. The van der Waals surface area contributed by atoms with E-state index in [0.717, 1.165) is 24.9 Å². The van der Waals surface area contributed by atoms with E-state index >= 15 is 0 Å². The maximum atomic E-state index is 11.0. The van der Waals surface area contributed by atoms with E-state index in [1.54, 1.807) is 0 Å². The van der Waals surface area contributed by atoms with E-state index in [2.05, 4.69) is 10.6 Å². The number of nitrogens with one attached hydrogen (secondary N) is 2. The molecule has 96 valence electrons. The van der Waals surface area contributed by atoms with Crippen molar-refractivity contribution in [3.8, 4) is 0 Å². The molecule has 0 saturated heterocycles. The summed E-state index contributed by atoms with van der Waals surface area (Å²) in [6.07, 6.45) is 2.51. The minimum atomic E-state index is -0.743. The third-order valence-corrected chi connectivity index (χ3v) is 3.40. The van der Waals surface area contributed by atoms with E-state index < -0.39 is 5.97 Å². The molecular formula is C13H16N2O2S. The molecule has 0 amide bonds. The van der Waals surface area contributed by atoms with Gasteiger partial charge in [-0.3, -0.25) is 4.79 Å². The molecule has 2 rings (SSSR count). The minimum absolute atomic E-state index is 0.0637. The minimum Gasteiger partial charge on any atom is -0.481 e. The van der Waals surface area contributed by atoms with Crippen LogP contribution in [0, 0.1) is 5.92 Å². The summed E-state index contributed by atoms with van der Waals surface area (Å²) in [5, 5.41) is 15.7. The van der Waals surface area contributed by atoms with Crippen LogP contribution < -0.4 is 10.6 Å². The fraction of sp³-hybridized carbons (Fsp3) is 0.385. The van der Waals surface area contributed by atoms with Crippen molar-refractivity contribution in [3.63, 3.8) is 0 Å². The largest absolute Gasteiger partial charge is 0.481 e. The first-order valence-corrected chi connectivity index (χ1v) is 6.43. The third kappa shape index (κ3) is 3.20. The van der Waals surface area contributed by atoms with Gasteiger partial charge in [0.25, 0.3) is 0 Å². The Morgan fingerprint density at radius 1 is 1.28 bits per heavy atom. The van der Waals surface area contributed by atoms with E-state index in [1.807, 2.05) is 30.3 Å². The molecule has 0 aromatic heterocycles. The van der Waals surface area contributed by atoms with Crippen molar-refractivity contribution in [1.82, 2.24) is 5.32 Å². The molecule has 1 aromatic carbocycles. The monoisotopic (exact) mass is 264 g/mol. The van der Waals surface area contributed by atoms with Gasteiger partial charge in [-0.15, -0.1) is 0 Å². The molecule has 1 aliphatic rings. The summed E-state index contributed by atoms with van der Waals surface area (Å²) in [6, 6.07) is 9.53. The number of carboxylic acid groups (broad SMARTS) is 1. The van der Waals surface area contributed by atoms with Gasteiger partial charge in [-0.2, -0.15) is 0 Å². The van der Waals surface area contributed by atoms with Crippen LogP contribution in [0.2, 0.25) is 0 Å². The lowest BCUT2D eigenvalue weighted by Crippen LogP contribution is -2.42. The molecule has 0 unspecified atom stereocenters. The molecule has 0 spiro atoms. The lowest BCUT2D eigenvalue weighted by Gasteiger charge is -2.20. The zero-order chi connectivity index (χ0) is 13.0. The molecule has 18 heavy (non-hydrogen) atoms. The van der Waals surface area contributed by atoms with Gasteiger partial charge in [-0.05, 0) is 37.2 Å². The number of hydrogen-bond donors (Lipinski definition) is 3. The molecule has 0 bridgehead atoms. The first kappa shape index (κ1) is 12.8. The Balaban J connectivity index is 1.90. The fourth-order valence-electron chi connectivity index (χ4n) is 2.29. The number of aliphatic carboxylic acids is 1. The predicted molar refractivity (Wildman–Crippen MR) is 74.6 cm³/mol. The molecule has 0 heterocycles. The lowest BCUT2D eigenvalue weighted by molar-refractivity contribution is -0.142. The van der Waals surface area contributed by atoms with Gasteiger partial charge < -0.3 is 15.7 Å². The van der Waals surface area contributed by atoms with Crippen molar-refractivity contribution in [2.24, 2.45) is 5.92 Å². The third-order valence-electron chi connectivity index (χ3n) is 3.18. The highest BCUT2D eigenvalue weighted by molar-refractivity contribution is 7.80. The Morgan fingerprint density at radius 3 is 2.67 bits per heavy atom. The topological polar surface area (TPSA) is 61.4 Å². The Labute approximate surface area is 111 Å². The van der Waals surface area contributed by atoms with E-state index in [4.69, 9.17) is 17.3 Å². The molecule has 1 aromatic rings. The second-order valence-corrected chi connectivity index (χ2v) is 4.85. The van der Waals surface area contributed by atoms with Crippen molar-refractivity contribution < 1.29 is 9.90 Å². The fourth-order valence-corrected chi connectivity index (χ4v) is 2.55. The van der Waals surface area contributed by atoms with Crippen LogP contribution >= 0.6 is 12.2 Å². The van der Waals surface area contributed by atoms with Crippen LogP contribution in [0.4, 0.5) is 5.69 Å². The van der Waals surface area contributed by atoms with Gasteiger partial charge >= 0.3 is 5.97 Å². The van der Waals surface area contributed by atoms with Crippen LogP contribution in [-0.2, 0) is 4.79 Å². The normalized spacial score (nSPS) is 22.4. The van der Waals surface area contributed by atoms with Crippen LogP contribution in [-0.4, -0.2) is 22.2 Å². The van der Waals surface area contributed by atoms with Gasteiger partial charge in [0.05, 0.1) is 5.92 Å². The van der Waals surface area contributed by atoms with E-state index in [-0.39, 0.29) is 12.0 Å². The predicted octanol–water partition coefficient (Wildman–Crippen LogP) is 2.23. The average molecular weight is 264 g/mol. The summed E-state index contributed by atoms with van der Waals surface area (Å²) < 4.78 is 0. The number of para-hydroxylation sites is 1. The first-order valence-electron chi connectivity index (χ1n) is 6.02. The van der Waals surface area contributed by atoms with Crippen LogP contribution in [0.5, 0.6) is 0 Å². The van der Waals surface area contributed by atoms with E-state index in [1.165, 1.54) is 0 Å². The van der Waals surface area contributed by atoms with Gasteiger partial charge in [0.1, 0.15) is 0 Å². The van der Waals surface area contributed by atoms with Crippen molar-refractivity contribution in [2.45, 2.75) is 25.3 Å². The van der Waals surface area contributed by atoms with E-state index in [0.29, 0.717) is 5.11 Å². The summed E-state index contributed by atoms with van der Waals surface area (Å²) in [5.41, 5.74) is 0.903. The van der Waals surface area contributed by atoms with Gasteiger partial charge in [-0.1, -0.05) is 24.6 Å². The SMILES string of the molecule is O=C(O)[C@H]1CCC[C@H]1NC(=S)Nc1ccccc1. The molecule has 0 aliphatic heterocycles. The Kier molecular flexibility index (Phi) is 4.15. The number of rotatable bonds is 3. The molecule has 2 atom stereocenters. The van der Waals surface area contributed by atoms with Crippen molar-refractivity contribution in [1.29, 1.82) is 0 Å². The standard InChI is InChI=1S/C13H16N2O2S/c16-12(17)10-7-4-8-11(10)15-13(18)14-9-5-2-1-3-6-9/h1-3,5-6,10-11H,4,7-8H2,(H,16,17)(H2,14,15,18)/t10-,11+/m0/s1. The van der Waals surface area contributed by atoms with Gasteiger partial charge in [0.15, 0.2) is 5.11 Å². The smallest absolute Gasteiger partial charge is 0.308 e. The number of carbonyl (C=O) groups is 1. The van der Waals surface area contributed by atoms with Gasteiger partial charge in [-0.25, -0.2) is 0 Å². The van der Waals surface area contributed by atoms with E-state index in [9.17, 15) is 4.79 Å². The Bertz CT molecular complexity index is 436. The van der Waals surface area contributed by atoms with Crippen LogP contribution in [0.15, 0.2) is 30.3 Å². The number of anilines is 1. The number of thiocarbonyl (C=S) groups is 1. The van der Waals surface area contributed by atoms with Crippen molar-refractivity contribution in [3.05, 3.63) is 30.3 Å². The summed E-state index contributed by atoms with van der Waals surface area (Å²) >= 11 is 5.20. The zero-order valence-electron chi connectivity index (χ0n) is 9.93. The number of hydrogen-bond acceptors (Lipinski definition) is 2. The highest BCUT2D eigenvalue weighted by Gasteiger charge is 2.33. The summed E-state index contributed by atoms with van der Waals surface area (Å²) in [5.74, 6) is -1.08. The molecule has 1 aliphatic carbocycles. The summed E-state index contributed by atoms with van der Waals surface area (Å²) in [6.45, 7) is 0. The average Bonchev–Trinajstić information content (AvgIpc) is 2.78. The molecule has 1 fully saturated rings. The first-order chi connectivity index (χ1) is 8.66. The lowest BCUT2D eigenvalue weighted by atomic mass is 10.0. The summed E-state index contributed by atoms with van der Waals surface area (Å²) in [7, 11) is 0. The van der Waals surface area contributed by atoms with Crippen molar-refractivity contribution in [2.75, 3.05) is 5.32 Å². The molecule has 4 nitrogen and oxygen atoms in total. The van der Waals surface area contributed by atoms with Crippen LogP contribution in [0.3, 0.4) is 0 Å². The maximum Gasteiger partial charge on any atom is 0.308 e. The van der Waals surface area contributed by atoms with Crippen LogP contribution in [0.1, 0.15) is 19.3 Å². The van der Waals surface area contributed by atoms with Crippen molar-refractivity contribution >= 4 is 29.0 Å². The van der Waals surface area contributed by atoms with Crippen LogP contribution in [0.25, 0.3) is 0 Å². The molecule has 0 radical (unpaired) electrons. The zero-order valence-corrected chi connectivity index (χ0v) is 10.7. The molecular weight excluding hydrogens is 248 g/mol. The second-order valence-electron chi connectivity index (χ2n) is 4.45. The van der Waals surface area contributed by atoms with Gasteiger partial charge in [0.2, 0.25) is 0 Å². The number of benzene rings is 1. The maximum absolute atomic E-state index is 11.0. The highest BCUT2D eigenvalue weighted by Crippen LogP contribution is 2.25.